The third kappa shape index (κ3) is 6.27. The van der Waals surface area contributed by atoms with Crippen molar-refractivity contribution in [3.63, 3.8) is 0 Å². The Bertz CT molecular complexity index is 1800. The van der Waals surface area contributed by atoms with E-state index in [1.54, 1.807) is 36.5 Å². The first-order valence-electron chi connectivity index (χ1n) is 11.7. The van der Waals surface area contributed by atoms with Gasteiger partial charge in [-0.05, 0) is 61.0 Å². The Hall–Kier alpha value is -5.04. The molecule has 2 N–H and O–H groups in total. The van der Waals surface area contributed by atoms with Crippen LogP contribution < -0.4 is 20.4 Å². The van der Waals surface area contributed by atoms with Crippen molar-refractivity contribution in [2.45, 2.75) is 25.0 Å². The summed E-state index contributed by atoms with van der Waals surface area (Å²) in [5.74, 6) is 0.312. The monoisotopic (exact) mass is 546 g/mol. The van der Waals surface area contributed by atoms with Crippen molar-refractivity contribution in [3.8, 4) is 5.75 Å². The van der Waals surface area contributed by atoms with Crippen molar-refractivity contribution in [2.24, 2.45) is 0 Å². The summed E-state index contributed by atoms with van der Waals surface area (Å²) in [6.07, 6.45) is 3.05. The van der Waals surface area contributed by atoms with Crippen molar-refractivity contribution in [2.75, 3.05) is 10.0 Å². The minimum absolute atomic E-state index is 0.0239. The average molecular weight is 547 g/mol. The Kier molecular flexibility index (Phi) is 7.06. The number of benzene rings is 2. The van der Waals surface area contributed by atoms with Gasteiger partial charge >= 0.3 is 5.63 Å². The minimum atomic E-state index is -3.82. The molecule has 0 aliphatic carbocycles. The van der Waals surface area contributed by atoms with Crippen LogP contribution in [0.5, 0.6) is 5.75 Å². The van der Waals surface area contributed by atoms with Gasteiger partial charge in [0, 0.05) is 29.4 Å². The highest BCUT2D eigenvalue weighted by atomic mass is 32.2. The normalized spacial score (nSPS) is 11.3. The second-order valence-electron chi connectivity index (χ2n) is 8.50. The molecule has 0 bridgehead atoms. The van der Waals surface area contributed by atoms with Crippen LogP contribution in [0.2, 0.25) is 0 Å². The molecular weight excluding hydrogens is 524 g/mol. The molecule has 3 heterocycles. The number of anilines is 2. The van der Waals surface area contributed by atoms with E-state index in [1.165, 1.54) is 41.2 Å². The van der Waals surface area contributed by atoms with Crippen LogP contribution in [-0.4, -0.2) is 34.3 Å². The van der Waals surface area contributed by atoms with Gasteiger partial charge in [0.2, 0.25) is 5.91 Å². The van der Waals surface area contributed by atoms with Gasteiger partial charge in [-0.15, -0.1) is 5.10 Å². The Morgan fingerprint density at radius 3 is 2.67 bits per heavy atom. The summed E-state index contributed by atoms with van der Waals surface area (Å²) in [7, 11) is -3.82. The van der Waals surface area contributed by atoms with E-state index in [9.17, 15) is 18.0 Å². The molecule has 198 valence electrons. The fraction of sp³-hybridized carbons (Fsp3) is 0.115. The molecule has 0 spiro atoms. The smallest absolute Gasteiger partial charge is 0.336 e. The van der Waals surface area contributed by atoms with Crippen molar-refractivity contribution in [1.82, 2.24) is 20.0 Å². The molecule has 0 aliphatic heterocycles. The molecule has 39 heavy (non-hydrogen) atoms. The number of aryl methyl sites for hydroxylation is 1. The SMILES string of the molecule is Cc1cc(=O)oc2cc(OCc3cn(CC(=O)Nc4ccc(S(=O)(=O)Nc5ccccn5)cc4)nn3)ccc12. The summed E-state index contributed by atoms with van der Waals surface area (Å²) in [4.78, 5) is 28.1. The average Bonchev–Trinajstić information content (AvgIpc) is 3.35. The van der Waals surface area contributed by atoms with Crippen molar-refractivity contribution in [1.29, 1.82) is 0 Å². The number of nitrogens with zero attached hydrogens (tertiary/aromatic N) is 4. The summed E-state index contributed by atoms with van der Waals surface area (Å²) >= 11 is 0. The van der Waals surface area contributed by atoms with Gasteiger partial charge in [0.15, 0.2) is 0 Å². The molecule has 5 aromatic rings. The number of ether oxygens (including phenoxy) is 1. The zero-order valence-corrected chi connectivity index (χ0v) is 21.4. The van der Waals surface area contributed by atoms with E-state index in [2.05, 4.69) is 25.3 Å². The number of hydrogen-bond acceptors (Lipinski definition) is 9. The van der Waals surface area contributed by atoms with Crippen LogP contribution in [0.1, 0.15) is 11.3 Å². The van der Waals surface area contributed by atoms with Gasteiger partial charge in [-0.1, -0.05) is 11.3 Å². The lowest BCUT2D eigenvalue weighted by Crippen LogP contribution is -2.19. The van der Waals surface area contributed by atoms with Crippen LogP contribution in [0.25, 0.3) is 11.0 Å². The largest absolute Gasteiger partial charge is 0.487 e. The van der Waals surface area contributed by atoms with E-state index in [4.69, 9.17) is 9.15 Å². The quantitative estimate of drug-likeness (QED) is 0.265. The molecule has 1 amide bonds. The van der Waals surface area contributed by atoms with Crippen LogP contribution in [0.3, 0.4) is 0 Å². The van der Waals surface area contributed by atoms with Gasteiger partial charge in [-0.3, -0.25) is 9.52 Å². The lowest BCUT2D eigenvalue weighted by Gasteiger charge is -2.09. The Morgan fingerprint density at radius 1 is 1.08 bits per heavy atom. The molecule has 2 aromatic carbocycles. The molecule has 12 nitrogen and oxygen atoms in total. The van der Waals surface area contributed by atoms with E-state index in [0.29, 0.717) is 22.7 Å². The second-order valence-corrected chi connectivity index (χ2v) is 10.2. The van der Waals surface area contributed by atoms with Gasteiger partial charge in [0.05, 0.1) is 11.1 Å². The Balaban J connectivity index is 1.15. The number of sulfonamides is 1. The highest BCUT2D eigenvalue weighted by Gasteiger charge is 2.15. The molecular formula is C26H22N6O6S. The summed E-state index contributed by atoms with van der Waals surface area (Å²) < 4.78 is 39.8. The van der Waals surface area contributed by atoms with Crippen molar-refractivity contribution in [3.05, 3.63) is 101 Å². The maximum atomic E-state index is 12.5. The summed E-state index contributed by atoms with van der Waals surface area (Å²) in [5.41, 5.74) is 1.71. The first kappa shape index (κ1) is 25.6. The number of carbonyl (C=O) groups is 1. The maximum absolute atomic E-state index is 12.5. The minimum Gasteiger partial charge on any atom is -0.487 e. The number of nitrogens with one attached hydrogen (secondary N) is 2. The van der Waals surface area contributed by atoms with E-state index in [0.717, 1.165) is 10.9 Å². The number of pyridine rings is 1. The fourth-order valence-electron chi connectivity index (χ4n) is 3.72. The predicted molar refractivity (Wildman–Crippen MR) is 142 cm³/mol. The molecule has 0 saturated carbocycles. The lowest BCUT2D eigenvalue weighted by atomic mass is 10.1. The standard InChI is InChI=1S/C26H22N6O6S/c1-17-12-26(34)38-23-13-20(7-10-22(17)23)37-16-19-14-32(31-29-19)15-25(33)28-18-5-8-21(9-6-18)39(35,36)30-24-4-2-3-11-27-24/h2-14H,15-16H2,1H3,(H,27,30)(H,28,33). The molecule has 5 rings (SSSR count). The molecule has 0 saturated heterocycles. The topological polar surface area (TPSA) is 158 Å². The zero-order chi connectivity index (χ0) is 27.4. The van der Waals surface area contributed by atoms with E-state index < -0.39 is 15.6 Å². The van der Waals surface area contributed by atoms with Crippen LogP contribution in [0.15, 0.2) is 93.2 Å². The molecule has 0 atom stereocenters. The fourth-order valence-corrected chi connectivity index (χ4v) is 4.73. The first-order chi connectivity index (χ1) is 18.7. The van der Waals surface area contributed by atoms with Gasteiger partial charge in [0.25, 0.3) is 10.0 Å². The van der Waals surface area contributed by atoms with Gasteiger partial charge in [0.1, 0.15) is 36.0 Å². The summed E-state index contributed by atoms with van der Waals surface area (Å²) in [6.45, 7) is 1.80. The third-order valence-corrected chi connectivity index (χ3v) is 6.92. The number of carbonyl (C=O) groups excluding carboxylic acids is 1. The van der Waals surface area contributed by atoms with E-state index in [-0.39, 0.29) is 29.8 Å². The molecule has 13 heteroatoms. The number of rotatable bonds is 9. The van der Waals surface area contributed by atoms with Crippen LogP contribution in [0.4, 0.5) is 11.5 Å². The van der Waals surface area contributed by atoms with Crippen molar-refractivity contribution < 1.29 is 22.4 Å². The van der Waals surface area contributed by atoms with E-state index >= 15 is 0 Å². The molecule has 0 radical (unpaired) electrons. The third-order valence-electron chi connectivity index (χ3n) is 5.55. The highest BCUT2D eigenvalue weighted by molar-refractivity contribution is 7.92. The molecule has 0 fully saturated rings. The van der Waals surface area contributed by atoms with Gasteiger partial charge in [-0.25, -0.2) is 22.9 Å². The molecule has 0 aliphatic rings. The second kappa shape index (κ2) is 10.8. The maximum Gasteiger partial charge on any atom is 0.336 e. The van der Waals surface area contributed by atoms with E-state index in [1.807, 2.05) is 13.0 Å². The number of aromatic nitrogens is 4. The van der Waals surface area contributed by atoms with Gasteiger partial charge in [-0.2, -0.15) is 0 Å². The van der Waals surface area contributed by atoms with Crippen LogP contribution in [-0.2, 0) is 28.0 Å². The zero-order valence-electron chi connectivity index (χ0n) is 20.6. The number of hydrogen-bond donors (Lipinski definition) is 2. The summed E-state index contributed by atoms with van der Waals surface area (Å²) in [6, 6.07) is 17.3. The number of fused-ring (bicyclic) bond motifs is 1. The lowest BCUT2D eigenvalue weighted by molar-refractivity contribution is -0.116. The van der Waals surface area contributed by atoms with Gasteiger partial charge < -0.3 is 14.5 Å². The Morgan fingerprint density at radius 2 is 1.90 bits per heavy atom. The first-order valence-corrected chi connectivity index (χ1v) is 13.1. The van der Waals surface area contributed by atoms with Crippen molar-refractivity contribution >= 4 is 38.4 Å². The van der Waals surface area contributed by atoms with Crippen LogP contribution in [0, 0.1) is 6.92 Å². The molecule has 0 unspecified atom stereocenters. The number of amides is 1. The molecule has 3 aromatic heterocycles. The van der Waals surface area contributed by atoms with Crippen LogP contribution >= 0.6 is 0 Å². The predicted octanol–water partition coefficient (Wildman–Crippen LogP) is 3.11. The highest BCUT2D eigenvalue weighted by Crippen LogP contribution is 2.23. The Labute approximate surface area is 222 Å². The summed E-state index contributed by atoms with van der Waals surface area (Å²) in [5, 5.41) is 11.5.